The number of benzene rings is 2. The highest BCUT2D eigenvalue weighted by Gasteiger charge is 2.15. The number of aromatic amines is 1. The van der Waals surface area contributed by atoms with Crippen LogP contribution in [0.1, 0.15) is 18.5 Å². The molecule has 2 heterocycles. The summed E-state index contributed by atoms with van der Waals surface area (Å²) in [6.45, 7) is 1.85. The molecule has 7 nitrogen and oxygen atoms in total. The normalized spacial score (nSPS) is 12.1. The first kappa shape index (κ1) is 21.4. The number of hydrogen-bond acceptors (Lipinski definition) is 5. The van der Waals surface area contributed by atoms with E-state index in [0.717, 1.165) is 23.0 Å². The second kappa shape index (κ2) is 9.13. The van der Waals surface area contributed by atoms with E-state index in [1.165, 1.54) is 6.20 Å². The largest absolute Gasteiger partial charge is 0.349 e. The van der Waals surface area contributed by atoms with Crippen LogP contribution in [0, 0.1) is 0 Å². The van der Waals surface area contributed by atoms with Gasteiger partial charge in [-0.3, -0.25) is 9.59 Å². The maximum absolute atomic E-state index is 12.4. The highest BCUT2D eigenvalue weighted by Crippen LogP contribution is 2.25. The summed E-state index contributed by atoms with van der Waals surface area (Å²) in [7, 11) is 0. The van der Waals surface area contributed by atoms with Crippen LogP contribution in [-0.2, 0) is 4.79 Å². The molecule has 1 atom stereocenters. The third kappa shape index (κ3) is 4.76. The van der Waals surface area contributed by atoms with Crippen LogP contribution in [0.3, 0.4) is 0 Å². The minimum Gasteiger partial charge on any atom is -0.349 e. The van der Waals surface area contributed by atoms with E-state index in [0.29, 0.717) is 26.2 Å². The van der Waals surface area contributed by atoms with Gasteiger partial charge in [-0.1, -0.05) is 59.2 Å². The molecule has 0 saturated carbocycles. The summed E-state index contributed by atoms with van der Waals surface area (Å²) in [5.74, 6) is -0.123. The van der Waals surface area contributed by atoms with E-state index in [1.54, 1.807) is 16.8 Å². The number of para-hydroxylation sites is 1. The molecular weight excluding hydrogens is 457 g/mol. The molecule has 0 fully saturated rings. The van der Waals surface area contributed by atoms with E-state index in [9.17, 15) is 9.59 Å². The SMILES string of the molecule is CC(NC(=O)CSc1nc2c(cnn2-c2ccccc2)c(=O)[nH]1)c1ccc(Cl)c(Cl)c1. The lowest BCUT2D eigenvalue weighted by molar-refractivity contribution is -0.119. The van der Waals surface area contributed by atoms with Gasteiger partial charge < -0.3 is 10.3 Å². The molecule has 1 unspecified atom stereocenters. The van der Waals surface area contributed by atoms with Crippen LogP contribution in [0.4, 0.5) is 0 Å². The average molecular weight is 474 g/mol. The van der Waals surface area contributed by atoms with E-state index in [4.69, 9.17) is 23.2 Å². The first-order valence-electron chi connectivity index (χ1n) is 9.33. The van der Waals surface area contributed by atoms with Gasteiger partial charge in [0.15, 0.2) is 10.8 Å². The van der Waals surface area contributed by atoms with Crippen molar-refractivity contribution in [1.29, 1.82) is 0 Å². The number of nitrogens with one attached hydrogen (secondary N) is 2. The summed E-state index contributed by atoms with van der Waals surface area (Å²) in [5, 5.41) is 8.78. The zero-order chi connectivity index (χ0) is 22.0. The van der Waals surface area contributed by atoms with Crippen molar-refractivity contribution >= 4 is 51.9 Å². The Balaban J connectivity index is 1.48. The van der Waals surface area contributed by atoms with Crippen molar-refractivity contribution in [2.75, 3.05) is 5.75 Å². The van der Waals surface area contributed by atoms with E-state index < -0.39 is 0 Å². The number of hydrogen-bond donors (Lipinski definition) is 2. The van der Waals surface area contributed by atoms with Crippen LogP contribution in [0.2, 0.25) is 10.0 Å². The van der Waals surface area contributed by atoms with Crippen molar-refractivity contribution < 1.29 is 4.79 Å². The molecule has 158 valence electrons. The van der Waals surface area contributed by atoms with Crippen LogP contribution in [0.15, 0.2) is 64.7 Å². The van der Waals surface area contributed by atoms with Crippen molar-refractivity contribution in [3.63, 3.8) is 0 Å². The number of aromatic nitrogens is 4. The van der Waals surface area contributed by atoms with Gasteiger partial charge >= 0.3 is 0 Å². The van der Waals surface area contributed by atoms with Gasteiger partial charge in [0.2, 0.25) is 5.91 Å². The summed E-state index contributed by atoms with van der Waals surface area (Å²) in [4.78, 5) is 32.0. The lowest BCUT2D eigenvalue weighted by atomic mass is 10.1. The summed E-state index contributed by atoms with van der Waals surface area (Å²) in [6.07, 6.45) is 1.48. The lowest BCUT2D eigenvalue weighted by Gasteiger charge is -2.14. The zero-order valence-corrected chi connectivity index (χ0v) is 18.6. The highest BCUT2D eigenvalue weighted by atomic mass is 35.5. The molecule has 0 spiro atoms. The standard InChI is InChI=1S/C21H17Cl2N5O2S/c1-12(13-7-8-16(22)17(23)9-13)25-18(29)11-31-21-26-19-15(20(30)27-21)10-24-28(19)14-5-3-2-4-6-14/h2-10,12H,11H2,1H3,(H,25,29)(H,26,27,30). The van der Waals surface area contributed by atoms with Gasteiger partial charge in [-0.2, -0.15) is 5.10 Å². The van der Waals surface area contributed by atoms with Gasteiger partial charge in [0.25, 0.3) is 5.56 Å². The predicted molar refractivity (Wildman–Crippen MR) is 123 cm³/mol. The van der Waals surface area contributed by atoms with Crippen molar-refractivity contribution in [3.05, 3.63) is 80.7 Å². The molecule has 2 aromatic carbocycles. The highest BCUT2D eigenvalue weighted by molar-refractivity contribution is 7.99. The fourth-order valence-corrected chi connectivity index (χ4v) is 3.98. The van der Waals surface area contributed by atoms with Gasteiger partial charge in [-0.05, 0) is 36.8 Å². The van der Waals surface area contributed by atoms with Crippen LogP contribution >= 0.6 is 35.0 Å². The molecule has 0 aliphatic rings. The maximum atomic E-state index is 12.4. The Hall–Kier alpha value is -2.81. The first-order chi connectivity index (χ1) is 14.9. The molecule has 10 heteroatoms. The van der Waals surface area contributed by atoms with E-state index in [-0.39, 0.29) is 23.3 Å². The smallest absolute Gasteiger partial charge is 0.262 e. The lowest BCUT2D eigenvalue weighted by Crippen LogP contribution is -2.28. The fourth-order valence-electron chi connectivity index (χ4n) is 3.01. The molecular formula is C21H17Cl2N5O2S. The third-order valence-electron chi connectivity index (χ3n) is 4.58. The number of carbonyl (C=O) groups excluding carboxylic acids is 1. The number of fused-ring (bicyclic) bond motifs is 1. The quantitative estimate of drug-likeness (QED) is 0.320. The van der Waals surface area contributed by atoms with Crippen LogP contribution in [0.5, 0.6) is 0 Å². The molecule has 0 bridgehead atoms. The minimum atomic E-state index is -0.306. The van der Waals surface area contributed by atoms with Gasteiger partial charge in [-0.25, -0.2) is 9.67 Å². The van der Waals surface area contributed by atoms with Gasteiger partial charge in [-0.15, -0.1) is 0 Å². The number of amides is 1. The number of H-pyrrole nitrogens is 1. The zero-order valence-electron chi connectivity index (χ0n) is 16.3. The molecule has 4 aromatic rings. The van der Waals surface area contributed by atoms with Crippen LogP contribution in [-0.4, -0.2) is 31.4 Å². The average Bonchev–Trinajstić information content (AvgIpc) is 3.19. The molecule has 0 radical (unpaired) electrons. The number of thioether (sulfide) groups is 1. The van der Waals surface area contributed by atoms with E-state index in [1.807, 2.05) is 43.3 Å². The van der Waals surface area contributed by atoms with Crippen molar-refractivity contribution in [2.45, 2.75) is 18.1 Å². The predicted octanol–water partition coefficient (Wildman–Crippen LogP) is 4.39. The van der Waals surface area contributed by atoms with E-state index >= 15 is 0 Å². The Bertz CT molecular complexity index is 1310. The summed E-state index contributed by atoms with van der Waals surface area (Å²) in [5.41, 5.74) is 1.76. The van der Waals surface area contributed by atoms with Gasteiger partial charge in [0, 0.05) is 0 Å². The molecule has 2 N–H and O–H groups in total. The summed E-state index contributed by atoms with van der Waals surface area (Å²) in [6, 6.07) is 14.4. The van der Waals surface area contributed by atoms with Gasteiger partial charge in [0.1, 0.15) is 5.39 Å². The molecule has 4 rings (SSSR count). The number of carbonyl (C=O) groups is 1. The third-order valence-corrected chi connectivity index (χ3v) is 6.19. The van der Waals surface area contributed by atoms with Gasteiger partial charge in [0.05, 0.1) is 33.7 Å². The van der Waals surface area contributed by atoms with Crippen molar-refractivity contribution in [2.24, 2.45) is 0 Å². The number of rotatable bonds is 6. The Labute approximate surface area is 191 Å². The Morgan fingerprint density at radius 2 is 1.97 bits per heavy atom. The summed E-state index contributed by atoms with van der Waals surface area (Å²) >= 11 is 13.1. The minimum absolute atomic E-state index is 0.0829. The molecule has 0 aliphatic carbocycles. The molecule has 1 amide bonds. The molecule has 0 saturated heterocycles. The topological polar surface area (TPSA) is 92.7 Å². The Kier molecular flexibility index (Phi) is 6.31. The molecule has 31 heavy (non-hydrogen) atoms. The molecule has 0 aliphatic heterocycles. The van der Waals surface area contributed by atoms with Crippen LogP contribution < -0.4 is 10.9 Å². The monoisotopic (exact) mass is 473 g/mol. The summed E-state index contributed by atoms with van der Waals surface area (Å²) < 4.78 is 1.60. The number of nitrogens with zero attached hydrogens (tertiary/aromatic N) is 3. The second-order valence-corrected chi connectivity index (χ2v) is 8.53. The van der Waals surface area contributed by atoms with E-state index in [2.05, 4.69) is 20.4 Å². The molecule has 2 aromatic heterocycles. The first-order valence-corrected chi connectivity index (χ1v) is 11.1. The Morgan fingerprint density at radius 1 is 1.19 bits per heavy atom. The fraction of sp³-hybridized carbons (Fsp3) is 0.143. The van der Waals surface area contributed by atoms with Crippen molar-refractivity contribution in [1.82, 2.24) is 25.1 Å². The maximum Gasteiger partial charge on any atom is 0.262 e. The van der Waals surface area contributed by atoms with Crippen LogP contribution in [0.25, 0.3) is 16.7 Å². The Morgan fingerprint density at radius 3 is 2.71 bits per heavy atom. The van der Waals surface area contributed by atoms with Crippen molar-refractivity contribution in [3.8, 4) is 5.69 Å². The second-order valence-electron chi connectivity index (χ2n) is 6.75. The number of halogens is 2.